The number of nitrogens with zero attached hydrogens (tertiary/aromatic N) is 2. The molecule has 0 unspecified atom stereocenters. The normalized spacial score (nSPS) is 31.3. The highest BCUT2D eigenvalue weighted by Crippen LogP contribution is 2.65. The Morgan fingerprint density at radius 3 is 2.52 bits per heavy atom. The van der Waals surface area contributed by atoms with Gasteiger partial charge in [-0.15, -0.1) is 0 Å². The third-order valence-corrected chi connectivity index (χ3v) is 7.64. The Balaban J connectivity index is 1.22. The molecule has 168 valence electrons. The predicted molar refractivity (Wildman–Crippen MR) is 119 cm³/mol. The SMILES string of the molecule is CCOC(=O)c1cc(-c2ccc(/C=N\N3C(=O)[C@@H]4[C@@H]5C=C[C@H]([C@H]6C[C@@H]56)[C@@H]4C3=O)o2)ccc1Cl. The molecule has 7 rings (SSSR count). The topological polar surface area (TPSA) is 89.2 Å². The lowest BCUT2D eigenvalue weighted by Crippen LogP contribution is -2.40. The molecule has 1 aliphatic heterocycles. The minimum absolute atomic E-state index is 0.162. The molecule has 2 bridgehead atoms. The van der Waals surface area contributed by atoms with Crippen LogP contribution in [0.2, 0.25) is 5.02 Å². The molecule has 6 atom stereocenters. The van der Waals surface area contributed by atoms with E-state index < -0.39 is 5.97 Å². The molecule has 2 aromatic rings. The molecule has 1 aromatic heterocycles. The summed E-state index contributed by atoms with van der Waals surface area (Å²) >= 11 is 6.13. The number of imide groups is 1. The number of esters is 1. The Bertz CT molecular complexity index is 1210. The molecule has 7 nitrogen and oxygen atoms in total. The average molecular weight is 465 g/mol. The Labute approximate surface area is 195 Å². The van der Waals surface area contributed by atoms with Gasteiger partial charge in [-0.3, -0.25) is 9.59 Å². The van der Waals surface area contributed by atoms with Crippen molar-refractivity contribution in [2.75, 3.05) is 6.61 Å². The number of rotatable bonds is 5. The van der Waals surface area contributed by atoms with Gasteiger partial charge in [0.25, 0.3) is 11.8 Å². The van der Waals surface area contributed by atoms with Gasteiger partial charge in [0.15, 0.2) is 0 Å². The number of carbonyl (C=O) groups excluding carboxylic acids is 3. The summed E-state index contributed by atoms with van der Waals surface area (Å²) in [7, 11) is 0. The summed E-state index contributed by atoms with van der Waals surface area (Å²) in [5.74, 6) is 0.806. The molecule has 0 spiro atoms. The van der Waals surface area contributed by atoms with Gasteiger partial charge in [-0.05, 0) is 67.3 Å². The molecule has 0 N–H and O–H groups in total. The fourth-order valence-electron chi connectivity index (χ4n) is 5.79. The number of benzene rings is 1. The largest absolute Gasteiger partial charge is 0.462 e. The van der Waals surface area contributed by atoms with Crippen LogP contribution in [0.15, 0.2) is 52.0 Å². The van der Waals surface area contributed by atoms with Gasteiger partial charge < -0.3 is 9.15 Å². The number of hydrogen-bond donors (Lipinski definition) is 0. The maximum absolute atomic E-state index is 13.0. The lowest BCUT2D eigenvalue weighted by Gasteiger charge is -2.37. The quantitative estimate of drug-likeness (QED) is 0.287. The summed E-state index contributed by atoms with van der Waals surface area (Å²) in [4.78, 5) is 38.1. The highest BCUT2D eigenvalue weighted by Gasteiger charge is 2.67. The fraction of sp³-hybridized carbons (Fsp3) is 0.360. The molecule has 5 aliphatic rings. The molecule has 1 saturated heterocycles. The zero-order chi connectivity index (χ0) is 22.9. The number of hydrogen-bond acceptors (Lipinski definition) is 6. The Hall–Kier alpha value is -3.19. The number of hydrazone groups is 1. The first kappa shape index (κ1) is 20.4. The summed E-state index contributed by atoms with van der Waals surface area (Å²) in [6, 6.07) is 8.36. The standard InChI is InChI=1S/C25H21ClN2O5/c1-2-32-25(31)18-9-12(3-7-19(18)26)20-8-4-13(33-20)11-27-28-23(29)21-14-5-6-15(17-10-16(14)17)22(21)24(28)30/h3-9,11,14-17,21-22H,2,10H2,1H3/b27-11-/t14-,15-,16-,17+,21+,22-/m1/s1. The minimum Gasteiger partial charge on any atom is -0.462 e. The first-order valence-corrected chi connectivity index (χ1v) is 11.5. The first-order chi connectivity index (χ1) is 16.0. The minimum atomic E-state index is -0.508. The second-order valence-electron chi connectivity index (χ2n) is 9.00. The molecule has 33 heavy (non-hydrogen) atoms. The Kier molecular flexibility index (Phi) is 4.59. The summed E-state index contributed by atoms with van der Waals surface area (Å²) in [6.07, 6.45) is 6.77. The van der Waals surface area contributed by atoms with Crippen molar-refractivity contribution in [3.05, 3.63) is 58.8 Å². The van der Waals surface area contributed by atoms with Crippen LogP contribution < -0.4 is 0 Å². The number of amides is 2. The number of halogens is 1. The third-order valence-electron chi connectivity index (χ3n) is 7.31. The van der Waals surface area contributed by atoms with Crippen molar-refractivity contribution in [3.8, 4) is 11.3 Å². The number of carbonyl (C=O) groups is 3. The smallest absolute Gasteiger partial charge is 0.339 e. The Morgan fingerprint density at radius 2 is 1.85 bits per heavy atom. The predicted octanol–water partition coefficient (Wildman–Crippen LogP) is 4.16. The number of allylic oxidation sites excluding steroid dienone is 2. The van der Waals surface area contributed by atoms with Gasteiger partial charge in [0.05, 0.1) is 35.2 Å². The van der Waals surface area contributed by atoms with Crippen LogP contribution in [0, 0.1) is 35.5 Å². The molecule has 2 amide bonds. The maximum Gasteiger partial charge on any atom is 0.339 e. The van der Waals surface area contributed by atoms with Crippen LogP contribution in [-0.2, 0) is 14.3 Å². The molecule has 1 aromatic carbocycles. The van der Waals surface area contributed by atoms with E-state index in [4.69, 9.17) is 20.8 Å². The zero-order valence-corrected chi connectivity index (χ0v) is 18.6. The van der Waals surface area contributed by atoms with Crippen LogP contribution in [0.4, 0.5) is 0 Å². The second kappa shape index (κ2) is 7.42. The van der Waals surface area contributed by atoms with E-state index in [1.54, 1.807) is 37.3 Å². The van der Waals surface area contributed by atoms with E-state index in [0.717, 1.165) is 11.4 Å². The summed E-state index contributed by atoms with van der Waals surface area (Å²) in [5, 5.41) is 5.52. The van der Waals surface area contributed by atoms with Crippen LogP contribution in [0.5, 0.6) is 0 Å². The fourth-order valence-corrected chi connectivity index (χ4v) is 5.99. The second-order valence-corrected chi connectivity index (χ2v) is 9.41. The molecule has 2 saturated carbocycles. The van der Waals surface area contributed by atoms with Gasteiger partial charge >= 0.3 is 5.97 Å². The zero-order valence-electron chi connectivity index (χ0n) is 17.8. The molecule has 8 heteroatoms. The molecule has 4 aliphatic carbocycles. The molecule has 2 heterocycles. The van der Waals surface area contributed by atoms with Crippen molar-refractivity contribution in [2.24, 2.45) is 40.6 Å². The summed E-state index contributed by atoms with van der Waals surface area (Å²) < 4.78 is 10.9. The van der Waals surface area contributed by atoms with E-state index in [0.29, 0.717) is 33.9 Å². The van der Waals surface area contributed by atoms with Gasteiger partial charge in [0.2, 0.25) is 0 Å². The van der Waals surface area contributed by atoms with Crippen LogP contribution in [0.3, 0.4) is 0 Å². The van der Waals surface area contributed by atoms with Crippen molar-refractivity contribution in [2.45, 2.75) is 13.3 Å². The summed E-state index contributed by atoms with van der Waals surface area (Å²) in [5.41, 5.74) is 0.892. The molecular formula is C25H21ClN2O5. The number of furan rings is 1. The lowest BCUT2D eigenvalue weighted by atomic mass is 9.63. The van der Waals surface area contributed by atoms with Crippen LogP contribution >= 0.6 is 11.6 Å². The Morgan fingerprint density at radius 1 is 1.15 bits per heavy atom. The van der Waals surface area contributed by atoms with Crippen molar-refractivity contribution in [3.63, 3.8) is 0 Å². The summed E-state index contributed by atoms with van der Waals surface area (Å²) in [6.45, 7) is 1.97. The first-order valence-electron chi connectivity index (χ1n) is 11.1. The molecule has 3 fully saturated rings. The molecular weight excluding hydrogens is 444 g/mol. The van der Waals surface area contributed by atoms with Gasteiger partial charge in [0, 0.05) is 5.56 Å². The van der Waals surface area contributed by atoms with Crippen LogP contribution in [0.1, 0.15) is 29.5 Å². The van der Waals surface area contributed by atoms with Crippen molar-refractivity contribution < 1.29 is 23.5 Å². The van der Waals surface area contributed by atoms with E-state index in [2.05, 4.69) is 17.3 Å². The highest BCUT2D eigenvalue weighted by atomic mass is 35.5. The third kappa shape index (κ3) is 3.09. The van der Waals surface area contributed by atoms with E-state index >= 15 is 0 Å². The van der Waals surface area contributed by atoms with Crippen molar-refractivity contribution in [1.82, 2.24) is 5.01 Å². The van der Waals surface area contributed by atoms with Crippen molar-refractivity contribution in [1.29, 1.82) is 0 Å². The van der Waals surface area contributed by atoms with E-state index in [9.17, 15) is 14.4 Å². The molecule has 0 radical (unpaired) electrons. The highest BCUT2D eigenvalue weighted by molar-refractivity contribution is 6.33. The van der Waals surface area contributed by atoms with Crippen LogP contribution in [-0.4, -0.2) is 35.6 Å². The van der Waals surface area contributed by atoms with E-state index in [1.807, 2.05) is 0 Å². The average Bonchev–Trinajstić information content (AvgIpc) is 3.45. The lowest BCUT2D eigenvalue weighted by molar-refractivity contribution is -0.140. The van der Waals surface area contributed by atoms with E-state index in [-0.39, 0.29) is 47.7 Å². The number of ether oxygens (including phenoxy) is 1. The maximum atomic E-state index is 13.0. The van der Waals surface area contributed by atoms with Gasteiger partial charge in [0.1, 0.15) is 11.5 Å². The van der Waals surface area contributed by atoms with Gasteiger partial charge in [-0.1, -0.05) is 23.8 Å². The van der Waals surface area contributed by atoms with Gasteiger partial charge in [-0.25, -0.2) is 4.79 Å². The van der Waals surface area contributed by atoms with E-state index in [1.165, 1.54) is 6.21 Å². The van der Waals surface area contributed by atoms with Crippen LogP contribution in [0.25, 0.3) is 11.3 Å². The van der Waals surface area contributed by atoms with Gasteiger partial charge in [-0.2, -0.15) is 10.1 Å². The monoisotopic (exact) mass is 464 g/mol. The van der Waals surface area contributed by atoms with Crippen molar-refractivity contribution >= 4 is 35.6 Å².